The number of hydrogen-bond acceptors (Lipinski definition) is 6. The van der Waals surface area contributed by atoms with Gasteiger partial charge in [-0.2, -0.15) is 0 Å². The number of fused-ring (bicyclic) bond motifs is 3. The van der Waals surface area contributed by atoms with Gasteiger partial charge in [0.05, 0.1) is 17.6 Å². The minimum Gasteiger partial charge on any atom is -0.330 e. The van der Waals surface area contributed by atoms with Crippen molar-refractivity contribution in [2.24, 2.45) is 0 Å². The lowest BCUT2D eigenvalue weighted by Gasteiger charge is -2.03. The number of pyridine rings is 1. The molecule has 0 radical (unpaired) electrons. The molecule has 3 aromatic rings. The molecule has 25 heavy (non-hydrogen) atoms. The van der Waals surface area contributed by atoms with Gasteiger partial charge < -0.3 is 5.32 Å². The van der Waals surface area contributed by atoms with Crippen LogP contribution in [0, 0.1) is 0 Å². The van der Waals surface area contributed by atoms with Gasteiger partial charge >= 0.3 is 0 Å². The van der Waals surface area contributed by atoms with Crippen molar-refractivity contribution in [2.75, 3.05) is 5.32 Å². The van der Waals surface area contributed by atoms with Gasteiger partial charge in [-0.15, -0.1) is 11.3 Å². The monoisotopic (exact) mass is 350 g/mol. The number of nitrogens with zero attached hydrogens (tertiary/aromatic N) is 2. The summed E-state index contributed by atoms with van der Waals surface area (Å²) in [6.45, 7) is 0. The Bertz CT molecular complexity index is 966. The van der Waals surface area contributed by atoms with Crippen molar-refractivity contribution in [3.63, 3.8) is 0 Å². The zero-order chi connectivity index (χ0) is 17.2. The van der Waals surface area contributed by atoms with E-state index < -0.39 is 5.91 Å². The summed E-state index contributed by atoms with van der Waals surface area (Å²) in [6, 6.07) is 9.83. The maximum atomic E-state index is 11.1. The van der Waals surface area contributed by atoms with E-state index >= 15 is 0 Å². The van der Waals surface area contributed by atoms with Crippen LogP contribution in [0.5, 0.6) is 0 Å². The van der Waals surface area contributed by atoms with Crippen LogP contribution in [0.3, 0.4) is 0 Å². The number of amides is 1. The van der Waals surface area contributed by atoms with E-state index in [4.69, 9.17) is 10.2 Å². The topological polar surface area (TPSA) is 87.1 Å². The molecular weight excluding hydrogens is 336 g/mol. The number of rotatable bonds is 4. The largest absolute Gasteiger partial charge is 0.330 e. The first-order chi connectivity index (χ1) is 12.2. The summed E-state index contributed by atoms with van der Waals surface area (Å²) < 4.78 is 0. The second kappa shape index (κ2) is 6.46. The molecule has 0 spiro atoms. The standard InChI is InChI=1S/C18H14N4O2S/c23-16(22-24)6-4-11-3-5-14-12(8-11)9-15-17(14)21-18(25-15)20-13-2-1-7-19-10-13/h1-8,10,24H,9H2,(H,20,21)(H,22,23)/b6-4+. The summed E-state index contributed by atoms with van der Waals surface area (Å²) in [5, 5.41) is 12.7. The normalized spacial score (nSPS) is 12.0. The predicted octanol–water partition coefficient (Wildman–Crippen LogP) is 3.37. The van der Waals surface area contributed by atoms with Crippen molar-refractivity contribution in [2.45, 2.75) is 6.42 Å². The van der Waals surface area contributed by atoms with Crippen LogP contribution in [0.25, 0.3) is 17.3 Å². The van der Waals surface area contributed by atoms with Gasteiger partial charge in [0.2, 0.25) is 0 Å². The molecule has 0 saturated carbocycles. The number of hydroxylamine groups is 1. The molecule has 0 aliphatic heterocycles. The summed E-state index contributed by atoms with van der Waals surface area (Å²) >= 11 is 1.64. The van der Waals surface area contributed by atoms with E-state index in [1.807, 2.05) is 30.3 Å². The van der Waals surface area contributed by atoms with Crippen LogP contribution in [-0.4, -0.2) is 21.1 Å². The van der Waals surface area contributed by atoms with E-state index in [0.717, 1.165) is 34.1 Å². The van der Waals surface area contributed by atoms with Crippen LogP contribution >= 0.6 is 11.3 Å². The van der Waals surface area contributed by atoms with Gasteiger partial charge in [0.25, 0.3) is 5.91 Å². The molecule has 124 valence electrons. The van der Waals surface area contributed by atoms with Crippen LogP contribution in [0.4, 0.5) is 10.8 Å². The Morgan fingerprint density at radius 1 is 1.32 bits per heavy atom. The molecule has 1 amide bonds. The first kappa shape index (κ1) is 15.5. The van der Waals surface area contributed by atoms with Gasteiger partial charge in [-0.25, -0.2) is 10.5 Å². The Kier molecular flexibility index (Phi) is 4.01. The molecule has 7 heteroatoms. The zero-order valence-corrected chi connectivity index (χ0v) is 13.9. The van der Waals surface area contributed by atoms with E-state index in [1.54, 1.807) is 35.3 Å². The smallest absolute Gasteiger partial charge is 0.267 e. The Labute approximate surface area is 147 Å². The number of anilines is 2. The Balaban J connectivity index is 1.57. The second-order valence-corrected chi connectivity index (χ2v) is 6.64. The lowest BCUT2D eigenvalue weighted by Crippen LogP contribution is -2.14. The summed E-state index contributed by atoms with van der Waals surface area (Å²) in [5.41, 5.74) is 6.72. The zero-order valence-electron chi connectivity index (χ0n) is 13.1. The second-order valence-electron chi connectivity index (χ2n) is 5.56. The van der Waals surface area contributed by atoms with E-state index in [0.29, 0.717) is 0 Å². The fourth-order valence-corrected chi connectivity index (χ4v) is 3.79. The number of aromatic nitrogens is 2. The highest BCUT2D eigenvalue weighted by atomic mass is 32.1. The third kappa shape index (κ3) is 3.15. The number of carbonyl (C=O) groups is 1. The molecule has 3 N–H and O–H groups in total. The maximum absolute atomic E-state index is 11.1. The molecule has 0 unspecified atom stereocenters. The highest BCUT2D eigenvalue weighted by molar-refractivity contribution is 7.16. The number of thiazole rings is 1. The van der Waals surface area contributed by atoms with Crippen molar-refractivity contribution in [3.05, 3.63) is 64.8 Å². The fraction of sp³-hybridized carbons (Fsp3) is 0.0556. The quantitative estimate of drug-likeness (QED) is 0.298. The molecule has 0 bridgehead atoms. The Hall–Kier alpha value is -3.03. The minimum absolute atomic E-state index is 0.549. The molecule has 0 atom stereocenters. The van der Waals surface area contributed by atoms with E-state index in [9.17, 15) is 4.79 Å². The fourth-order valence-electron chi connectivity index (χ4n) is 2.77. The molecule has 6 nitrogen and oxygen atoms in total. The third-order valence-electron chi connectivity index (χ3n) is 3.88. The molecular formula is C18H14N4O2S. The molecule has 2 aromatic heterocycles. The summed E-state index contributed by atoms with van der Waals surface area (Å²) in [4.78, 5) is 21.1. The van der Waals surface area contributed by atoms with Crippen molar-refractivity contribution < 1.29 is 10.0 Å². The molecule has 0 fully saturated rings. The molecule has 1 aromatic carbocycles. The third-order valence-corrected chi connectivity index (χ3v) is 4.85. The summed E-state index contributed by atoms with van der Waals surface area (Å²) in [5.74, 6) is -0.549. The van der Waals surface area contributed by atoms with Crippen molar-refractivity contribution >= 4 is 34.1 Å². The van der Waals surface area contributed by atoms with Crippen molar-refractivity contribution in [1.29, 1.82) is 0 Å². The van der Waals surface area contributed by atoms with Crippen molar-refractivity contribution in [3.8, 4) is 11.3 Å². The van der Waals surface area contributed by atoms with Crippen LogP contribution in [-0.2, 0) is 11.2 Å². The molecule has 1 aliphatic carbocycles. The maximum Gasteiger partial charge on any atom is 0.267 e. The van der Waals surface area contributed by atoms with Gasteiger partial charge in [-0.1, -0.05) is 18.2 Å². The summed E-state index contributed by atoms with van der Waals surface area (Å²) in [7, 11) is 0. The Morgan fingerprint density at radius 2 is 2.24 bits per heavy atom. The lowest BCUT2D eigenvalue weighted by atomic mass is 10.1. The average Bonchev–Trinajstić information content (AvgIpc) is 3.17. The van der Waals surface area contributed by atoms with Gasteiger partial charge in [0.1, 0.15) is 0 Å². The highest BCUT2D eigenvalue weighted by Crippen LogP contribution is 2.42. The van der Waals surface area contributed by atoms with E-state index in [1.165, 1.54) is 16.5 Å². The molecule has 0 saturated heterocycles. The van der Waals surface area contributed by atoms with Crippen LogP contribution < -0.4 is 10.8 Å². The number of hydrogen-bond donors (Lipinski definition) is 3. The molecule has 1 aliphatic rings. The SMILES string of the molecule is O=C(/C=C/c1ccc2c(c1)Cc1sc(Nc3cccnc3)nc1-2)NO. The average molecular weight is 350 g/mol. The van der Waals surface area contributed by atoms with E-state index in [2.05, 4.69) is 10.3 Å². The van der Waals surface area contributed by atoms with Crippen LogP contribution in [0.2, 0.25) is 0 Å². The van der Waals surface area contributed by atoms with Gasteiger partial charge in [0, 0.05) is 29.1 Å². The number of nitrogens with one attached hydrogen (secondary N) is 2. The minimum atomic E-state index is -0.549. The van der Waals surface area contributed by atoms with E-state index in [-0.39, 0.29) is 0 Å². The number of carbonyl (C=O) groups excluding carboxylic acids is 1. The van der Waals surface area contributed by atoms with Gasteiger partial charge in [-0.05, 0) is 29.3 Å². The first-order valence-corrected chi connectivity index (χ1v) is 8.47. The Morgan fingerprint density at radius 3 is 3.04 bits per heavy atom. The molecule has 4 rings (SSSR count). The predicted molar refractivity (Wildman–Crippen MR) is 96.8 cm³/mol. The van der Waals surface area contributed by atoms with Gasteiger partial charge in [0.15, 0.2) is 5.13 Å². The molecule has 2 heterocycles. The van der Waals surface area contributed by atoms with Crippen molar-refractivity contribution in [1.82, 2.24) is 15.4 Å². The van der Waals surface area contributed by atoms with Crippen LogP contribution in [0.15, 0.2) is 48.8 Å². The summed E-state index contributed by atoms with van der Waals surface area (Å²) in [6.07, 6.45) is 7.29. The first-order valence-electron chi connectivity index (χ1n) is 7.65. The van der Waals surface area contributed by atoms with Gasteiger partial charge in [-0.3, -0.25) is 15.0 Å². The van der Waals surface area contributed by atoms with Crippen LogP contribution in [0.1, 0.15) is 16.0 Å². The number of benzene rings is 1. The highest BCUT2D eigenvalue weighted by Gasteiger charge is 2.23. The lowest BCUT2D eigenvalue weighted by molar-refractivity contribution is -0.124.